The molecule has 3 N–H and O–H groups in total. The van der Waals surface area contributed by atoms with Crippen molar-refractivity contribution in [3.05, 3.63) is 23.3 Å². The number of allylic oxidation sites excluding steroid dienone is 2. The molecule has 3 saturated carbocycles. The predicted molar refractivity (Wildman–Crippen MR) is 134 cm³/mol. The molecule has 4 unspecified atom stereocenters. The molecule has 34 heavy (non-hydrogen) atoms. The molecule has 4 nitrogen and oxygen atoms in total. The first-order valence-corrected chi connectivity index (χ1v) is 13.6. The zero-order valence-corrected chi connectivity index (χ0v) is 22.4. The average molecular weight is 471 g/mol. The minimum atomic E-state index is -0.851. The second kappa shape index (κ2) is 7.00. The van der Waals surface area contributed by atoms with Crippen LogP contribution in [0, 0.1) is 50.2 Å². The van der Waals surface area contributed by atoms with Gasteiger partial charge in [0.1, 0.15) is 0 Å². The molecule has 0 radical (unpaired) electrons. The van der Waals surface area contributed by atoms with E-state index in [1.54, 1.807) is 0 Å². The Labute approximate surface area is 205 Å². The fraction of sp³-hybridized carbons (Fsp3) is 0.833. The molecule has 0 heterocycles. The van der Waals surface area contributed by atoms with E-state index < -0.39 is 17.5 Å². The monoisotopic (exact) mass is 470 g/mol. The van der Waals surface area contributed by atoms with Crippen LogP contribution in [0.3, 0.4) is 0 Å². The lowest BCUT2D eigenvalue weighted by Gasteiger charge is -2.69. The number of aliphatic hydroxyl groups is 2. The maximum absolute atomic E-state index is 12.8. The Morgan fingerprint density at radius 3 is 2.24 bits per heavy atom. The van der Waals surface area contributed by atoms with Crippen LogP contribution < -0.4 is 0 Å². The first kappa shape index (κ1) is 24.6. The largest absolute Gasteiger partial charge is 0.481 e. The summed E-state index contributed by atoms with van der Waals surface area (Å²) in [6.45, 7) is 16.2. The van der Waals surface area contributed by atoms with Gasteiger partial charge >= 0.3 is 5.97 Å². The number of aliphatic hydroxyl groups excluding tert-OH is 2. The van der Waals surface area contributed by atoms with E-state index in [2.05, 4.69) is 60.6 Å². The summed E-state index contributed by atoms with van der Waals surface area (Å²) >= 11 is 0. The van der Waals surface area contributed by atoms with E-state index in [0.29, 0.717) is 24.7 Å². The number of rotatable bonds is 2. The van der Waals surface area contributed by atoms with Gasteiger partial charge in [-0.05, 0) is 89.4 Å². The molecule has 0 bridgehead atoms. The lowest BCUT2D eigenvalue weighted by Crippen LogP contribution is -2.65. The van der Waals surface area contributed by atoms with E-state index in [-0.39, 0.29) is 39.6 Å². The number of carboxylic acid groups (broad SMARTS) is 1. The Kier molecular flexibility index (Phi) is 5.06. The van der Waals surface area contributed by atoms with Crippen LogP contribution in [0.2, 0.25) is 0 Å². The third kappa shape index (κ3) is 2.65. The Morgan fingerprint density at radius 2 is 1.62 bits per heavy atom. The highest BCUT2D eigenvalue weighted by Gasteiger charge is 2.70. The first-order chi connectivity index (χ1) is 15.6. The van der Waals surface area contributed by atoms with Crippen molar-refractivity contribution < 1.29 is 20.1 Å². The van der Waals surface area contributed by atoms with E-state index in [9.17, 15) is 20.1 Å². The van der Waals surface area contributed by atoms with Crippen molar-refractivity contribution in [1.82, 2.24) is 0 Å². The molecule has 5 aliphatic carbocycles. The van der Waals surface area contributed by atoms with Gasteiger partial charge in [-0.15, -0.1) is 0 Å². The van der Waals surface area contributed by atoms with Gasteiger partial charge in [-0.3, -0.25) is 4.79 Å². The molecule has 0 aromatic heterocycles. The number of hydrogen-bond acceptors (Lipinski definition) is 3. The van der Waals surface area contributed by atoms with Crippen molar-refractivity contribution >= 4 is 5.97 Å². The fourth-order valence-electron chi connectivity index (χ4n) is 10.4. The highest BCUT2D eigenvalue weighted by molar-refractivity contribution is 5.77. The third-order valence-electron chi connectivity index (χ3n) is 12.7. The highest BCUT2D eigenvalue weighted by Crippen LogP contribution is 2.76. The lowest BCUT2D eigenvalue weighted by atomic mass is 9.35. The molecule has 4 heteroatoms. The second-order valence-electron chi connectivity index (χ2n) is 14.6. The third-order valence-corrected chi connectivity index (χ3v) is 12.7. The quantitative estimate of drug-likeness (QED) is 0.434. The van der Waals surface area contributed by atoms with Crippen LogP contribution in [0.4, 0.5) is 0 Å². The van der Waals surface area contributed by atoms with Crippen molar-refractivity contribution in [3.8, 4) is 0 Å². The maximum Gasteiger partial charge on any atom is 0.310 e. The number of fused-ring (bicyclic) bond motifs is 7. The molecule has 0 aliphatic heterocycles. The molecule has 3 fully saturated rings. The molecule has 190 valence electrons. The molecule has 0 spiro atoms. The van der Waals surface area contributed by atoms with Gasteiger partial charge in [-0.1, -0.05) is 66.2 Å². The van der Waals surface area contributed by atoms with Crippen molar-refractivity contribution in [2.45, 2.75) is 99.5 Å². The SMILES string of the molecule is CC1(C)C=C(CO)[C@@]2(C)C1CC[C@]1(C)C2CC=C2C3C(O)C(C)(C)CC[C@]3(C(=O)O)CC[C@]21C. The summed E-state index contributed by atoms with van der Waals surface area (Å²) in [6.07, 6.45) is 10.1. The summed E-state index contributed by atoms with van der Waals surface area (Å²) < 4.78 is 0. The molecule has 0 amide bonds. The molecule has 8 atom stereocenters. The number of carbonyl (C=O) groups is 1. The van der Waals surface area contributed by atoms with E-state index >= 15 is 0 Å². The van der Waals surface area contributed by atoms with E-state index in [4.69, 9.17) is 0 Å². The second-order valence-corrected chi connectivity index (χ2v) is 14.6. The van der Waals surface area contributed by atoms with Crippen LogP contribution in [0.1, 0.15) is 93.4 Å². The molecule has 5 aliphatic rings. The smallest absolute Gasteiger partial charge is 0.310 e. The molecule has 5 rings (SSSR count). The molecule has 0 aromatic rings. The first-order valence-electron chi connectivity index (χ1n) is 13.6. The fourth-order valence-corrected chi connectivity index (χ4v) is 10.4. The number of aliphatic carboxylic acids is 1. The summed E-state index contributed by atoms with van der Waals surface area (Å²) in [7, 11) is 0. The van der Waals surface area contributed by atoms with Crippen molar-refractivity contribution in [2.24, 2.45) is 50.2 Å². The van der Waals surface area contributed by atoms with Gasteiger partial charge in [0.05, 0.1) is 18.1 Å². The van der Waals surface area contributed by atoms with Crippen LogP contribution in [0.25, 0.3) is 0 Å². The van der Waals surface area contributed by atoms with Gasteiger partial charge in [0.15, 0.2) is 0 Å². The number of carboxylic acids is 1. The summed E-state index contributed by atoms with van der Waals surface area (Å²) in [5, 5.41) is 32.6. The van der Waals surface area contributed by atoms with Gasteiger partial charge in [0, 0.05) is 5.92 Å². The summed E-state index contributed by atoms with van der Waals surface area (Å²) in [5.41, 5.74) is 1.18. The lowest BCUT2D eigenvalue weighted by molar-refractivity contribution is -0.187. The minimum Gasteiger partial charge on any atom is -0.481 e. The van der Waals surface area contributed by atoms with Crippen molar-refractivity contribution in [3.63, 3.8) is 0 Å². The number of hydrogen-bond donors (Lipinski definition) is 3. The van der Waals surface area contributed by atoms with Gasteiger partial charge in [-0.2, -0.15) is 0 Å². The van der Waals surface area contributed by atoms with Crippen LogP contribution in [0.15, 0.2) is 23.3 Å². The van der Waals surface area contributed by atoms with Gasteiger partial charge < -0.3 is 15.3 Å². The van der Waals surface area contributed by atoms with Gasteiger partial charge in [0.25, 0.3) is 0 Å². The highest BCUT2D eigenvalue weighted by atomic mass is 16.4. The minimum absolute atomic E-state index is 0.00296. The topological polar surface area (TPSA) is 77.8 Å². The van der Waals surface area contributed by atoms with E-state index in [1.165, 1.54) is 11.1 Å². The summed E-state index contributed by atoms with van der Waals surface area (Å²) in [5.74, 6) is -0.122. The molecule has 0 saturated heterocycles. The molecular formula is C30H46O4. The van der Waals surface area contributed by atoms with Crippen LogP contribution in [-0.4, -0.2) is 34.0 Å². The Bertz CT molecular complexity index is 974. The standard InChI is InChI=1S/C30H46O4/c1-25(2)12-14-30(24(33)34)15-13-27(5)19(22(30)23(25)32)8-9-21-28(27,6)11-10-20-26(3,4)16-18(17-31)29(20,21)7/h8,16,20-23,31-32H,9-15,17H2,1-7H3,(H,33,34)/t20?,21?,22?,23?,27-,28-,29+,30+/m1/s1. The van der Waals surface area contributed by atoms with Crippen LogP contribution in [-0.2, 0) is 4.79 Å². The van der Waals surface area contributed by atoms with E-state index in [1.807, 2.05) is 0 Å². The summed E-state index contributed by atoms with van der Waals surface area (Å²) in [6, 6.07) is 0. The molecule has 0 aromatic carbocycles. The maximum atomic E-state index is 12.8. The normalized spacial score (nSPS) is 50.7. The van der Waals surface area contributed by atoms with Gasteiger partial charge in [0.2, 0.25) is 0 Å². The predicted octanol–water partition coefficient (Wildman–Crippen LogP) is 5.98. The van der Waals surface area contributed by atoms with Crippen LogP contribution in [0.5, 0.6) is 0 Å². The van der Waals surface area contributed by atoms with Gasteiger partial charge in [-0.25, -0.2) is 0 Å². The Morgan fingerprint density at radius 1 is 0.971 bits per heavy atom. The van der Waals surface area contributed by atoms with Crippen molar-refractivity contribution in [2.75, 3.05) is 6.61 Å². The zero-order valence-electron chi connectivity index (χ0n) is 22.4. The Balaban J connectivity index is 1.66. The van der Waals surface area contributed by atoms with E-state index in [0.717, 1.165) is 32.1 Å². The zero-order chi connectivity index (χ0) is 25.1. The Hall–Kier alpha value is -1.13. The molecular weight excluding hydrogens is 424 g/mol. The average Bonchev–Trinajstić information content (AvgIpc) is 2.96. The summed E-state index contributed by atoms with van der Waals surface area (Å²) in [4.78, 5) is 12.8. The van der Waals surface area contributed by atoms with Crippen molar-refractivity contribution in [1.29, 1.82) is 0 Å². The van der Waals surface area contributed by atoms with Crippen LogP contribution >= 0.6 is 0 Å².